The molecule has 0 aliphatic carbocycles. The minimum absolute atomic E-state index is 0.187. The summed E-state index contributed by atoms with van der Waals surface area (Å²) in [6.07, 6.45) is 0. The number of carbonyl (C=O) groups excluding carboxylic acids is 1. The molecule has 0 atom stereocenters. The third-order valence-electron chi connectivity index (χ3n) is 3.16. The van der Waals surface area contributed by atoms with Gasteiger partial charge in [0.1, 0.15) is 11.5 Å². The standard InChI is InChI=1S/C16H17Cl2NO3/c1-11-3-5-13(22-11)10-19(7-8-21-2)16(20)14-6-4-12(17)9-15(14)18/h3-6,9H,7-8,10H2,1-2H3. The molecule has 0 N–H and O–H groups in total. The van der Waals surface area contributed by atoms with E-state index in [2.05, 4.69) is 0 Å². The molecule has 0 aliphatic heterocycles. The molecular weight excluding hydrogens is 325 g/mol. The Morgan fingerprint density at radius 2 is 2.05 bits per heavy atom. The fourth-order valence-electron chi connectivity index (χ4n) is 2.05. The van der Waals surface area contributed by atoms with Crippen LogP contribution in [0.2, 0.25) is 10.0 Å². The SMILES string of the molecule is COCCN(Cc1ccc(C)o1)C(=O)c1ccc(Cl)cc1Cl. The van der Waals surface area contributed by atoms with Crippen molar-refractivity contribution in [2.75, 3.05) is 20.3 Å². The molecule has 22 heavy (non-hydrogen) atoms. The number of amides is 1. The van der Waals surface area contributed by atoms with Crippen LogP contribution in [0.1, 0.15) is 21.9 Å². The van der Waals surface area contributed by atoms with E-state index < -0.39 is 0 Å². The molecule has 1 heterocycles. The third kappa shape index (κ3) is 4.26. The Bertz CT molecular complexity index is 655. The minimum Gasteiger partial charge on any atom is -0.464 e. The summed E-state index contributed by atoms with van der Waals surface area (Å²) < 4.78 is 10.6. The van der Waals surface area contributed by atoms with Crippen LogP contribution in [0.5, 0.6) is 0 Å². The van der Waals surface area contributed by atoms with Gasteiger partial charge in [-0.15, -0.1) is 0 Å². The van der Waals surface area contributed by atoms with E-state index in [1.807, 2.05) is 19.1 Å². The van der Waals surface area contributed by atoms with Gasteiger partial charge < -0.3 is 14.1 Å². The van der Waals surface area contributed by atoms with Crippen LogP contribution in [0.3, 0.4) is 0 Å². The van der Waals surface area contributed by atoms with Crippen molar-refractivity contribution in [3.63, 3.8) is 0 Å². The summed E-state index contributed by atoms with van der Waals surface area (Å²) in [5.41, 5.74) is 0.408. The summed E-state index contributed by atoms with van der Waals surface area (Å²) in [4.78, 5) is 14.3. The number of carbonyl (C=O) groups is 1. The number of halogens is 2. The lowest BCUT2D eigenvalue weighted by molar-refractivity contribution is 0.0666. The molecule has 6 heteroatoms. The van der Waals surface area contributed by atoms with Crippen LogP contribution in [0.25, 0.3) is 0 Å². The highest BCUT2D eigenvalue weighted by molar-refractivity contribution is 6.36. The molecule has 0 bridgehead atoms. The van der Waals surface area contributed by atoms with E-state index in [4.69, 9.17) is 32.4 Å². The predicted molar refractivity (Wildman–Crippen MR) is 86.5 cm³/mol. The Balaban J connectivity index is 2.21. The van der Waals surface area contributed by atoms with E-state index in [1.165, 1.54) is 0 Å². The first-order valence-electron chi connectivity index (χ1n) is 6.80. The summed E-state index contributed by atoms with van der Waals surface area (Å²) in [6, 6.07) is 8.55. The summed E-state index contributed by atoms with van der Waals surface area (Å²) in [6.45, 7) is 3.08. The lowest BCUT2D eigenvalue weighted by atomic mass is 10.2. The van der Waals surface area contributed by atoms with E-state index >= 15 is 0 Å². The lowest BCUT2D eigenvalue weighted by Crippen LogP contribution is -2.33. The average Bonchev–Trinajstić information content (AvgIpc) is 2.88. The quantitative estimate of drug-likeness (QED) is 0.791. The molecule has 4 nitrogen and oxygen atoms in total. The van der Waals surface area contributed by atoms with Gasteiger partial charge in [-0.2, -0.15) is 0 Å². The second-order valence-electron chi connectivity index (χ2n) is 4.86. The van der Waals surface area contributed by atoms with E-state index in [1.54, 1.807) is 30.2 Å². The van der Waals surface area contributed by atoms with Gasteiger partial charge in [0.15, 0.2) is 0 Å². The molecule has 0 radical (unpaired) electrons. The smallest absolute Gasteiger partial charge is 0.255 e. The van der Waals surface area contributed by atoms with Crippen LogP contribution >= 0.6 is 23.2 Å². The summed E-state index contributed by atoms with van der Waals surface area (Å²) >= 11 is 12.0. The maximum absolute atomic E-state index is 12.7. The molecule has 1 amide bonds. The van der Waals surface area contributed by atoms with Crippen LogP contribution in [0.4, 0.5) is 0 Å². The zero-order valence-electron chi connectivity index (χ0n) is 12.4. The topological polar surface area (TPSA) is 42.7 Å². The molecule has 1 aromatic carbocycles. The second kappa shape index (κ2) is 7.68. The van der Waals surface area contributed by atoms with Gasteiger partial charge in [0, 0.05) is 18.7 Å². The maximum atomic E-state index is 12.7. The Hall–Kier alpha value is -1.49. The van der Waals surface area contributed by atoms with Crippen molar-refractivity contribution in [3.05, 3.63) is 57.5 Å². The lowest BCUT2D eigenvalue weighted by Gasteiger charge is -2.22. The van der Waals surface area contributed by atoms with E-state index in [0.29, 0.717) is 41.1 Å². The van der Waals surface area contributed by atoms with Gasteiger partial charge in [-0.3, -0.25) is 4.79 Å². The van der Waals surface area contributed by atoms with E-state index in [9.17, 15) is 4.79 Å². The van der Waals surface area contributed by atoms with E-state index in [-0.39, 0.29) is 5.91 Å². The Morgan fingerprint density at radius 3 is 2.64 bits per heavy atom. The van der Waals surface area contributed by atoms with Gasteiger partial charge in [0.2, 0.25) is 0 Å². The zero-order valence-corrected chi connectivity index (χ0v) is 13.9. The highest BCUT2D eigenvalue weighted by atomic mass is 35.5. The molecule has 0 saturated carbocycles. The van der Waals surface area contributed by atoms with Crippen molar-refractivity contribution in [3.8, 4) is 0 Å². The van der Waals surface area contributed by atoms with Crippen molar-refractivity contribution in [1.82, 2.24) is 4.90 Å². The molecular formula is C16H17Cl2NO3. The van der Waals surface area contributed by atoms with Gasteiger partial charge >= 0.3 is 0 Å². The van der Waals surface area contributed by atoms with Crippen LogP contribution in [-0.2, 0) is 11.3 Å². The van der Waals surface area contributed by atoms with Gasteiger partial charge in [-0.05, 0) is 37.3 Å². The van der Waals surface area contributed by atoms with E-state index in [0.717, 1.165) is 5.76 Å². The van der Waals surface area contributed by atoms with Crippen LogP contribution in [0, 0.1) is 6.92 Å². The average molecular weight is 342 g/mol. The molecule has 0 aliphatic rings. The van der Waals surface area contributed by atoms with Crippen molar-refractivity contribution in [2.24, 2.45) is 0 Å². The maximum Gasteiger partial charge on any atom is 0.255 e. The zero-order chi connectivity index (χ0) is 16.1. The number of rotatable bonds is 6. The number of hydrogen-bond donors (Lipinski definition) is 0. The monoisotopic (exact) mass is 341 g/mol. The molecule has 0 saturated heterocycles. The molecule has 0 unspecified atom stereocenters. The minimum atomic E-state index is -0.187. The van der Waals surface area contributed by atoms with Crippen LogP contribution in [0.15, 0.2) is 34.7 Å². The van der Waals surface area contributed by atoms with Crippen LogP contribution in [-0.4, -0.2) is 31.1 Å². The summed E-state index contributed by atoms with van der Waals surface area (Å²) in [7, 11) is 1.59. The normalized spacial score (nSPS) is 10.7. The van der Waals surface area contributed by atoms with Crippen molar-refractivity contribution in [2.45, 2.75) is 13.5 Å². The number of nitrogens with zero attached hydrogens (tertiary/aromatic N) is 1. The van der Waals surface area contributed by atoms with Gasteiger partial charge in [0.05, 0.1) is 23.7 Å². The van der Waals surface area contributed by atoms with Crippen molar-refractivity contribution in [1.29, 1.82) is 0 Å². The summed E-state index contributed by atoms with van der Waals surface area (Å²) in [5.74, 6) is 1.33. The number of furan rings is 1. The third-order valence-corrected chi connectivity index (χ3v) is 3.70. The number of benzene rings is 1. The summed E-state index contributed by atoms with van der Waals surface area (Å²) in [5, 5.41) is 0.821. The largest absolute Gasteiger partial charge is 0.464 e. The Kier molecular flexibility index (Phi) is 5.89. The van der Waals surface area contributed by atoms with Gasteiger partial charge in [-0.1, -0.05) is 23.2 Å². The molecule has 0 fully saturated rings. The second-order valence-corrected chi connectivity index (χ2v) is 5.70. The first kappa shape index (κ1) is 16.9. The molecule has 0 spiro atoms. The number of ether oxygens (including phenoxy) is 1. The van der Waals surface area contributed by atoms with Gasteiger partial charge in [-0.25, -0.2) is 0 Å². The number of methoxy groups -OCH3 is 1. The Labute approximate surface area is 139 Å². The van der Waals surface area contributed by atoms with Crippen LogP contribution < -0.4 is 0 Å². The molecule has 2 aromatic rings. The molecule has 2 rings (SSSR count). The number of hydrogen-bond acceptors (Lipinski definition) is 3. The fourth-order valence-corrected chi connectivity index (χ4v) is 2.53. The van der Waals surface area contributed by atoms with Gasteiger partial charge in [0.25, 0.3) is 5.91 Å². The predicted octanol–water partition coefficient (Wildman–Crippen LogP) is 4.18. The fraction of sp³-hybridized carbons (Fsp3) is 0.312. The molecule has 1 aromatic heterocycles. The highest BCUT2D eigenvalue weighted by Gasteiger charge is 2.20. The number of aryl methyl sites for hydroxylation is 1. The Morgan fingerprint density at radius 1 is 1.27 bits per heavy atom. The first-order chi connectivity index (χ1) is 10.5. The van der Waals surface area contributed by atoms with Crippen molar-refractivity contribution >= 4 is 29.1 Å². The van der Waals surface area contributed by atoms with Crippen molar-refractivity contribution < 1.29 is 13.9 Å². The first-order valence-corrected chi connectivity index (χ1v) is 7.55. The highest BCUT2D eigenvalue weighted by Crippen LogP contribution is 2.23. The molecule has 118 valence electrons.